The Kier molecular flexibility index (Phi) is 4.47. The highest BCUT2D eigenvalue weighted by Crippen LogP contribution is 2.36. The third-order valence-corrected chi connectivity index (χ3v) is 4.15. The van der Waals surface area contributed by atoms with Crippen molar-refractivity contribution in [3.63, 3.8) is 0 Å². The van der Waals surface area contributed by atoms with Crippen LogP contribution >= 0.6 is 15.9 Å². The van der Waals surface area contributed by atoms with Gasteiger partial charge in [-0.15, -0.1) is 0 Å². The fourth-order valence-electron chi connectivity index (χ4n) is 2.64. The maximum absolute atomic E-state index is 12.0. The average Bonchev–Trinajstić information content (AvgIpc) is 2.50. The zero-order valence-electron chi connectivity index (χ0n) is 11.2. The maximum Gasteiger partial charge on any atom is 0.222 e. The summed E-state index contributed by atoms with van der Waals surface area (Å²) in [6, 6.07) is 5.60. The molecule has 1 saturated heterocycles. The summed E-state index contributed by atoms with van der Waals surface area (Å²) in [4.78, 5) is 13.8. The number of likely N-dealkylation sites (N-methyl/N-ethyl adjacent to an activating group) is 1. The Morgan fingerprint density at radius 3 is 2.89 bits per heavy atom. The minimum Gasteiger partial charge on any atom is -0.496 e. The fourth-order valence-corrected chi connectivity index (χ4v) is 3.02. The Labute approximate surface area is 122 Å². The highest BCUT2D eigenvalue weighted by molar-refractivity contribution is 9.10. The minimum atomic E-state index is -0.137. The standard InChI is InChI=1S/C14H19BrN2O2/c1-17-13(18)5-3-4-11(16)14(17)10-8-9(15)6-7-12(10)19-2/h6-8,11,14H,3-5,16H2,1-2H3. The lowest BCUT2D eigenvalue weighted by molar-refractivity contribution is -0.131. The molecule has 0 spiro atoms. The van der Waals surface area contributed by atoms with E-state index in [0.717, 1.165) is 28.6 Å². The zero-order chi connectivity index (χ0) is 14.0. The number of rotatable bonds is 2. The first-order valence-electron chi connectivity index (χ1n) is 6.39. The molecule has 1 heterocycles. The summed E-state index contributed by atoms with van der Waals surface area (Å²) in [6.07, 6.45) is 2.25. The number of halogens is 1. The SMILES string of the molecule is COc1ccc(Br)cc1C1C(N)CCCC(=O)N1C. The lowest BCUT2D eigenvalue weighted by Crippen LogP contribution is -2.40. The van der Waals surface area contributed by atoms with Gasteiger partial charge in [-0.05, 0) is 31.0 Å². The molecule has 0 aliphatic carbocycles. The van der Waals surface area contributed by atoms with Gasteiger partial charge >= 0.3 is 0 Å². The van der Waals surface area contributed by atoms with Crippen molar-refractivity contribution in [2.75, 3.05) is 14.2 Å². The van der Waals surface area contributed by atoms with Crippen LogP contribution in [0, 0.1) is 0 Å². The Bertz CT molecular complexity index is 479. The molecule has 5 heteroatoms. The number of methoxy groups -OCH3 is 1. The summed E-state index contributed by atoms with van der Waals surface area (Å²) < 4.78 is 6.37. The van der Waals surface area contributed by atoms with Crippen molar-refractivity contribution in [1.82, 2.24) is 4.90 Å². The van der Waals surface area contributed by atoms with E-state index in [0.29, 0.717) is 6.42 Å². The van der Waals surface area contributed by atoms with Gasteiger partial charge in [0.05, 0.1) is 13.2 Å². The second kappa shape index (κ2) is 5.92. The summed E-state index contributed by atoms with van der Waals surface area (Å²) in [6.45, 7) is 0. The van der Waals surface area contributed by atoms with E-state index >= 15 is 0 Å². The highest BCUT2D eigenvalue weighted by atomic mass is 79.9. The third kappa shape index (κ3) is 2.92. The summed E-state index contributed by atoms with van der Waals surface area (Å²) in [7, 11) is 3.45. The number of nitrogens with zero attached hydrogens (tertiary/aromatic N) is 1. The number of benzene rings is 1. The molecule has 1 aromatic carbocycles. The first-order chi connectivity index (χ1) is 9.04. The first kappa shape index (κ1) is 14.3. The molecular weight excluding hydrogens is 308 g/mol. The van der Waals surface area contributed by atoms with Gasteiger partial charge in [-0.3, -0.25) is 4.79 Å². The molecule has 1 aromatic rings. The monoisotopic (exact) mass is 326 g/mol. The van der Waals surface area contributed by atoms with E-state index in [1.807, 2.05) is 25.2 Å². The predicted octanol–water partition coefficient (Wildman–Crippen LogP) is 2.47. The van der Waals surface area contributed by atoms with Crippen molar-refractivity contribution >= 4 is 21.8 Å². The molecule has 0 radical (unpaired) electrons. The molecule has 2 N–H and O–H groups in total. The largest absolute Gasteiger partial charge is 0.496 e. The molecular formula is C14H19BrN2O2. The maximum atomic E-state index is 12.0. The smallest absolute Gasteiger partial charge is 0.222 e. The van der Waals surface area contributed by atoms with E-state index in [1.54, 1.807) is 12.0 Å². The van der Waals surface area contributed by atoms with Crippen molar-refractivity contribution in [1.29, 1.82) is 0 Å². The number of likely N-dealkylation sites (tertiary alicyclic amines) is 1. The number of amides is 1. The van der Waals surface area contributed by atoms with Crippen LogP contribution in [-0.2, 0) is 4.79 Å². The summed E-state index contributed by atoms with van der Waals surface area (Å²) in [5, 5.41) is 0. The van der Waals surface area contributed by atoms with Crippen LogP contribution in [-0.4, -0.2) is 31.0 Å². The molecule has 1 aliphatic heterocycles. The number of hydrogen-bond acceptors (Lipinski definition) is 3. The quantitative estimate of drug-likeness (QED) is 0.908. The van der Waals surface area contributed by atoms with Crippen molar-refractivity contribution < 1.29 is 9.53 Å². The molecule has 1 amide bonds. The van der Waals surface area contributed by atoms with Crippen molar-refractivity contribution in [3.8, 4) is 5.75 Å². The number of hydrogen-bond donors (Lipinski definition) is 1. The lowest BCUT2D eigenvalue weighted by atomic mass is 9.96. The van der Waals surface area contributed by atoms with Crippen LogP contribution in [0.3, 0.4) is 0 Å². The van der Waals surface area contributed by atoms with Crippen LogP contribution in [0.15, 0.2) is 22.7 Å². The van der Waals surface area contributed by atoms with Crippen molar-refractivity contribution in [2.45, 2.75) is 31.3 Å². The van der Waals surface area contributed by atoms with Gasteiger partial charge in [0.1, 0.15) is 5.75 Å². The molecule has 104 valence electrons. The molecule has 1 fully saturated rings. The Balaban J connectivity index is 2.46. The van der Waals surface area contributed by atoms with Gasteiger partial charge in [-0.1, -0.05) is 15.9 Å². The zero-order valence-corrected chi connectivity index (χ0v) is 12.8. The van der Waals surface area contributed by atoms with Gasteiger partial charge in [0, 0.05) is 29.5 Å². The summed E-state index contributed by atoms with van der Waals surface area (Å²) >= 11 is 3.47. The second-order valence-electron chi connectivity index (χ2n) is 4.89. The highest BCUT2D eigenvalue weighted by Gasteiger charge is 2.32. The number of ether oxygens (including phenoxy) is 1. The third-order valence-electron chi connectivity index (χ3n) is 3.65. The second-order valence-corrected chi connectivity index (χ2v) is 5.81. The van der Waals surface area contributed by atoms with Crippen LogP contribution in [0.4, 0.5) is 0 Å². The molecule has 0 bridgehead atoms. The van der Waals surface area contributed by atoms with E-state index in [-0.39, 0.29) is 18.0 Å². The number of nitrogens with two attached hydrogens (primary N) is 1. The molecule has 2 atom stereocenters. The van der Waals surface area contributed by atoms with Gasteiger partial charge in [0.2, 0.25) is 5.91 Å². The predicted molar refractivity (Wildman–Crippen MR) is 78.0 cm³/mol. The molecule has 2 unspecified atom stereocenters. The first-order valence-corrected chi connectivity index (χ1v) is 7.18. The minimum absolute atomic E-state index is 0.0698. The average molecular weight is 327 g/mol. The van der Waals surface area contributed by atoms with E-state index in [9.17, 15) is 4.79 Å². The normalized spacial score (nSPS) is 24.2. The van der Waals surface area contributed by atoms with Gasteiger partial charge in [0.15, 0.2) is 0 Å². The van der Waals surface area contributed by atoms with Gasteiger partial charge in [-0.25, -0.2) is 0 Å². The molecule has 0 aromatic heterocycles. The molecule has 1 aliphatic rings. The topological polar surface area (TPSA) is 55.6 Å². The van der Waals surface area contributed by atoms with E-state index in [1.165, 1.54) is 0 Å². The van der Waals surface area contributed by atoms with Crippen LogP contribution in [0.25, 0.3) is 0 Å². The fraction of sp³-hybridized carbons (Fsp3) is 0.500. The van der Waals surface area contributed by atoms with Crippen LogP contribution in [0.2, 0.25) is 0 Å². The molecule has 19 heavy (non-hydrogen) atoms. The Morgan fingerprint density at radius 2 is 2.21 bits per heavy atom. The summed E-state index contributed by atoms with van der Waals surface area (Å²) in [5.74, 6) is 0.908. The van der Waals surface area contributed by atoms with Gasteiger partial charge in [0.25, 0.3) is 0 Å². The van der Waals surface area contributed by atoms with Gasteiger partial charge in [-0.2, -0.15) is 0 Å². The molecule has 4 nitrogen and oxygen atoms in total. The van der Waals surface area contributed by atoms with E-state index < -0.39 is 0 Å². The Hall–Kier alpha value is -1.07. The molecule has 2 rings (SSSR count). The van der Waals surface area contributed by atoms with E-state index in [4.69, 9.17) is 10.5 Å². The van der Waals surface area contributed by atoms with E-state index in [2.05, 4.69) is 15.9 Å². The van der Waals surface area contributed by atoms with Crippen molar-refractivity contribution in [3.05, 3.63) is 28.2 Å². The molecule has 0 saturated carbocycles. The number of carbonyl (C=O) groups excluding carboxylic acids is 1. The van der Waals surface area contributed by atoms with Gasteiger partial charge < -0.3 is 15.4 Å². The Morgan fingerprint density at radius 1 is 1.47 bits per heavy atom. The lowest BCUT2D eigenvalue weighted by Gasteiger charge is -2.31. The van der Waals surface area contributed by atoms with Crippen molar-refractivity contribution in [2.24, 2.45) is 5.73 Å². The summed E-state index contributed by atoms with van der Waals surface area (Å²) in [5.41, 5.74) is 7.23. The van der Waals surface area contributed by atoms with Crippen LogP contribution in [0.5, 0.6) is 5.75 Å². The van der Waals surface area contributed by atoms with Crippen LogP contribution in [0.1, 0.15) is 30.9 Å². The number of carbonyl (C=O) groups is 1. The van der Waals surface area contributed by atoms with Crippen LogP contribution < -0.4 is 10.5 Å².